The Labute approximate surface area is 188 Å². The average molecular weight is 495 g/mol. The topological polar surface area (TPSA) is 142 Å². The maximum Gasteiger partial charge on any atom is 0.324 e. The van der Waals surface area contributed by atoms with Crippen LogP contribution in [0.25, 0.3) is 0 Å². The van der Waals surface area contributed by atoms with E-state index in [1.165, 1.54) is 4.90 Å². The summed E-state index contributed by atoms with van der Waals surface area (Å²) in [7, 11) is 0. The lowest BCUT2D eigenvalue weighted by molar-refractivity contribution is -0.154. The van der Waals surface area contributed by atoms with Gasteiger partial charge in [-0.05, 0) is 51.3 Å². The molecule has 0 bridgehead atoms. The van der Waals surface area contributed by atoms with Crippen LogP contribution in [0.15, 0.2) is 28.7 Å². The van der Waals surface area contributed by atoms with Gasteiger partial charge in [0, 0.05) is 22.6 Å². The van der Waals surface area contributed by atoms with Gasteiger partial charge in [-0.25, -0.2) is 4.79 Å². The van der Waals surface area contributed by atoms with Gasteiger partial charge in [0.25, 0.3) is 0 Å². The number of carboxylic acids is 1. The lowest BCUT2D eigenvalue weighted by Crippen LogP contribution is -2.57. The second-order valence-electron chi connectivity index (χ2n) is 9.03. The van der Waals surface area contributed by atoms with Gasteiger partial charge in [-0.15, -0.1) is 0 Å². The summed E-state index contributed by atoms with van der Waals surface area (Å²) < 4.78 is 0.845. The van der Waals surface area contributed by atoms with Crippen LogP contribution in [-0.4, -0.2) is 51.4 Å². The van der Waals surface area contributed by atoms with Crippen molar-refractivity contribution in [2.24, 2.45) is 17.6 Å². The molecule has 10 heteroatoms. The number of likely N-dealkylation sites (tertiary alicyclic amines) is 1. The van der Waals surface area contributed by atoms with E-state index < -0.39 is 46.9 Å². The summed E-state index contributed by atoms with van der Waals surface area (Å²) in [5, 5.41) is 15.8. The smallest absolute Gasteiger partial charge is 0.324 e. The molecule has 2 heterocycles. The van der Waals surface area contributed by atoms with Gasteiger partial charge in [0.2, 0.25) is 11.8 Å². The van der Waals surface area contributed by atoms with Crippen LogP contribution in [0, 0.1) is 11.8 Å². The van der Waals surface area contributed by atoms with Crippen molar-refractivity contribution in [1.29, 1.82) is 0 Å². The highest BCUT2D eigenvalue weighted by molar-refractivity contribution is 9.10. The number of fused-ring (bicyclic) bond motifs is 1. The number of aliphatic carboxylic acids is 1. The molecule has 1 aromatic carbocycles. The van der Waals surface area contributed by atoms with E-state index in [0.717, 1.165) is 10.0 Å². The Bertz CT molecular complexity index is 913. The van der Waals surface area contributed by atoms with E-state index in [-0.39, 0.29) is 25.3 Å². The molecule has 0 saturated carbocycles. The molecule has 168 valence electrons. The normalized spacial score (nSPS) is 28.0. The summed E-state index contributed by atoms with van der Waals surface area (Å²) in [5.74, 6) is -3.95. The first-order valence-corrected chi connectivity index (χ1v) is 10.9. The van der Waals surface area contributed by atoms with Gasteiger partial charge in [0.15, 0.2) is 0 Å². The van der Waals surface area contributed by atoms with Gasteiger partial charge in [0.05, 0.1) is 11.8 Å². The first-order valence-electron chi connectivity index (χ1n) is 10.1. The fourth-order valence-corrected chi connectivity index (χ4v) is 5.00. The fraction of sp³-hybridized carbons (Fsp3) is 0.524. The number of halogens is 1. The SMILES string of the molecule is CC(C)(C)N1C(=O)C2C(c3ccc(Br)cc3)NC(CCCNC(N)=O)(C(=O)O)C2C1=O. The predicted molar refractivity (Wildman–Crippen MR) is 116 cm³/mol. The minimum absolute atomic E-state index is 0.0494. The van der Waals surface area contributed by atoms with Crippen molar-refractivity contribution in [1.82, 2.24) is 15.5 Å². The molecule has 0 radical (unpaired) electrons. The molecule has 1 aromatic rings. The Kier molecular flexibility index (Phi) is 6.16. The molecule has 4 atom stereocenters. The highest BCUT2D eigenvalue weighted by atomic mass is 79.9. The monoisotopic (exact) mass is 494 g/mol. The maximum atomic E-state index is 13.4. The molecule has 0 spiro atoms. The summed E-state index contributed by atoms with van der Waals surface area (Å²) in [6.45, 7) is 5.43. The standard InChI is InChI=1S/C21H27BrN4O5/c1-20(2,3)26-16(27)13-14(17(26)28)21(18(29)30,9-4-10-24-19(23)31)25-15(13)11-5-7-12(22)8-6-11/h5-8,13-15,25H,4,9-10H2,1-3H3,(H,29,30)(H3,23,24,31). The zero-order valence-electron chi connectivity index (χ0n) is 17.6. The number of imide groups is 1. The van der Waals surface area contributed by atoms with Gasteiger partial charge in [-0.3, -0.25) is 24.6 Å². The molecule has 2 aliphatic heterocycles. The highest BCUT2D eigenvalue weighted by Crippen LogP contribution is 2.51. The molecule has 3 rings (SSSR count). The van der Waals surface area contributed by atoms with E-state index in [4.69, 9.17) is 5.73 Å². The first-order chi connectivity index (χ1) is 14.4. The largest absolute Gasteiger partial charge is 0.480 e. The Morgan fingerprint density at radius 2 is 1.84 bits per heavy atom. The van der Waals surface area contributed by atoms with Crippen molar-refractivity contribution in [2.75, 3.05) is 6.54 Å². The molecule has 2 saturated heterocycles. The van der Waals surface area contributed by atoms with Gasteiger partial charge >= 0.3 is 12.0 Å². The number of carboxylic acid groups (broad SMARTS) is 1. The van der Waals surface area contributed by atoms with Crippen LogP contribution in [-0.2, 0) is 14.4 Å². The third kappa shape index (κ3) is 4.06. The zero-order chi connectivity index (χ0) is 23.1. The van der Waals surface area contributed by atoms with Gasteiger partial charge in [0.1, 0.15) is 5.54 Å². The molecule has 4 amide bonds. The minimum atomic E-state index is -1.64. The number of primary amides is 1. The first kappa shape index (κ1) is 23.2. The highest BCUT2D eigenvalue weighted by Gasteiger charge is 2.69. The Morgan fingerprint density at radius 1 is 1.23 bits per heavy atom. The third-order valence-electron chi connectivity index (χ3n) is 5.98. The third-order valence-corrected chi connectivity index (χ3v) is 6.51. The maximum absolute atomic E-state index is 13.4. The van der Waals surface area contributed by atoms with E-state index in [9.17, 15) is 24.3 Å². The number of urea groups is 1. The number of nitrogens with one attached hydrogen (secondary N) is 2. The van der Waals surface area contributed by atoms with Gasteiger partial charge in [-0.1, -0.05) is 28.1 Å². The lowest BCUT2D eigenvalue weighted by Gasteiger charge is -2.35. The minimum Gasteiger partial charge on any atom is -0.480 e. The number of carbonyl (C=O) groups excluding carboxylic acids is 3. The molecule has 31 heavy (non-hydrogen) atoms. The fourth-order valence-electron chi connectivity index (χ4n) is 4.73. The molecule has 9 nitrogen and oxygen atoms in total. The van der Waals surface area contributed by atoms with Crippen LogP contribution >= 0.6 is 15.9 Å². The number of hydrogen-bond donors (Lipinski definition) is 4. The Morgan fingerprint density at radius 3 is 2.35 bits per heavy atom. The molecule has 0 aromatic heterocycles. The van der Waals surface area contributed by atoms with Crippen LogP contribution in [0.1, 0.15) is 45.2 Å². The number of rotatable bonds is 6. The number of carbonyl (C=O) groups is 4. The van der Waals surface area contributed by atoms with E-state index >= 15 is 0 Å². The predicted octanol–water partition coefficient (Wildman–Crippen LogP) is 1.77. The van der Waals surface area contributed by atoms with Crippen LogP contribution in [0.4, 0.5) is 4.79 Å². The van der Waals surface area contributed by atoms with Crippen LogP contribution in [0.2, 0.25) is 0 Å². The number of benzene rings is 1. The molecule has 4 unspecified atom stereocenters. The molecular formula is C21H27BrN4O5. The quantitative estimate of drug-likeness (QED) is 0.350. The Hall–Kier alpha value is -2.46. The summed E-state index contributed by atoms with van der Waals surface area (Å²) in [6, 6.07) is 5.90. The molecule has 5 N–H and O–H groups in total. The summed E-state index contributed by atoms with van der Waals surface area (Å²) in [5.41, 5.74) is 3.40. The molecule has 2 fully saturated rings. The Balaban J connectivity index is 2.05. The van der Waals surface area contributed by atoms with Gasteiger partial charge < -0.3 is 16.2 Å². The van der Waals surface area contributed by atoms with E-state index in [2.05, 4.69) is 26.6 Å². The number of nitrogens with zero attached hydrogens (tertiary/aromatic N) is 1. The second-order valence-corrected chi connectivity index (χ2v) is 9.95. The lowest BCUT2D eigenvalue weighted by atomic mass is 9.77. The molecule has 0 aliphatic carbocycles. The van der Waals surface area contributed by atoms with Crippen molar-refractivity contribution < 1.29 is 24.3 Å². The second kappa shape index (κ2) is 8.23. The van der Waals surface area contributed by atoms with Crippen molar-refractivity contribution in [3.8, 4) is 0 Å². The van der Waals surface area contributed by atoms with E-state index in [1.54, 1.807) is 20.8 Å². The van der Waals surface area contributed by atoms with E-state index in [1.807, 2.05) is 24.3 Å². The van der Waals surface area contributed by atoms with Crippen molar-refractivity contribution in [2.45, 2.75) is 50.7 Å². The van der Waals surface area contributed by atoms with Crippen molar-refractivity contribution >= 4 is 39.7 Å². The zero-order valence-corrected chi connectivity index (χ0v) is 19.2. The summed E-state index contributed by atoms with van der Waals surface area (Å²) >= 11 is 3.38. The number of nitrogens with two attached hydrogens (primary N) is 1. The number of amides is 4. The van der Waals surface area contributed by atoms with Crippen LogP contribution in [0.5, 0.6) is 0 Å². The summed E-state index contributed by atoms with van der Waals surface area (Å²) in [4.78, 5) is 51.6. The van der Waals surface area contributed by atoms with Crippen LogP contribution in [0.3, 0.4) is 0 Å². The summed E-state index contributed by atoms with van der Waals surface area (Å²) in [6.07, 6.45) is 0.323. The van der Waals surface area contributed by atoms with Gasteiger partial charge in [-0.2, -0.15) is 0 Å². The van der Waals surface area contributed by atoms with Crippen molar-refractivity contribution in [3.05, 3.63) is 34.3 Å². The van der Waals surface area contributed by atoms with E-state index in [0.29, 0.717) is 0 Å². The van der Waals surface area contributed by atoms with Crippen LogP contribution < -0.4 is 16.4 Å². The number of hydrogen-bond acceptors (Lipinski definition) is 5. The molecule has 2 aliphatic rings. The molecular weight excluding hydrogens is 468 g/mol. The average Bonchev–Trinajstić information content (AvgIpc) is 3.14. The van der Waals surface area contributed by atoms with Crippen molar-refractivity contribution in [3.63, 3.8) is 0 Å².